The Balaban J connectivity index is 3.62. The van der Waals surface area contributed by atoms with Gasteiger partial charge in [-0.3, -0.25) is 0 Å². The third kappa shape index (κ3) is 8.56. The van der Waals surface area contributed by atoms with Crippen molar-refractivity contribution in [2.45, 2.75) is 20.1 Å². The number of hydrogen-bond donors (Lipinski definition) is 2. The molecule has 0 spiro atoms. The molecule has 0 rings (SSSR count). The molecule has 0 atom stereocenters. The van der Waals surface area contributed by atoms with Gasteiger partial charge >= 0.3 is 0 Å². The van der Waals surface area contributed by atoms with Crippen LogP contribution in [0.1, 0.15) is 13.8 Å². The van der Waals surface area contributed by atoms with Gasteiger partial charge in [0.05, 0.1) is 6.54 Å². The van der Waals surface area contributed by atoms with Crippen LogP contribution in [0.15, 0.2) is 0 Å². The summed E-state index contributed by atoms with van der Waals surface area (Å²) in [5.74, 6) is 0. The Kier molecular flexibility index (Phi) is 9.81. The Labute approximate surface area is 96.5 Å². The fourth-order valence-electron chi connectivity index (χ4n) is 0.914. The smallest absolute Gasteiger partial charge is 0.174 e. The van der Waals surface area contributed by atoms with Gasteiger partial charge in [-0.25, -0.2) is 0 Å². The summed E-state index contributed by atoms with van der Waals surface area (Å²) in [6.07, 6.45) is -0.262. The highest BCUT2D eigenvalue weighted by atomic mass is 32.1. The summed E-state index contributed by atoms with van der Waals surface area (Å²) in [6.45, 7) is 5.99. The molecule has 0 radical (unpaired) electrons. The lowest BCUT2D eigenvalue weighted by Crippen LogP contribution is -2.41. The molecule has 5 nitrogen and oxygen atoms in total. The second-order valence-corrected chi connectivity index (χ2v) is 3.07. The molecule has 0 aromatic heterocycles. The van der Waals surface area contributed by atoms with Crippen molar-refractivity contribution in [1.29, 1.82) is 0 Å². The largest absolute Gasteiger partial charge is 0.365 e. The summed E-state index contributed by atoms with van der Waals surface area (Å²) in [7, 11) is 1.60. The van der Waals surface area contributed by atoms with Crippen LogP contribution in [0.5, 0.6) is 0 Å². The third-order valence-electron chi connectivity index (χ3n) is 1.51. The summed E-state index contributed by atoms with van der Waals surface area (Å²) in [4.78, 5) is 0. The molecular formula is C9H20N2O3S. The van der Waals surface area contributed by atoms with Crippen LogP contribution in [0, 0.1) is 0 Å². The van der Waals surface area contributed by atoms with Crippen molar-refractivity contribution in [3.05, 3.63) is 0 Å². The summed E-state index contributed by atoms with van der Waals surface area (Å²) >= 11 is 4.99. The van der Waals surface area contributed by atoms with Crippen LogP contribution < -0.4 is 10.6 Å². The second-order valence-electron chi connectivity index (χ2n) is 2.66. The first-order valence-corrected chi connectivity index (χ1v) is 5.39. The molecule has 0 aliphatic carbocycles. The molecule has 0 unspecified atom stereocenters. The van der Waals surface area contributed by atoms with Gasteiger partial charge in [0.25, 0.3) is 0 Å². The quantitative estimate of drug-likeness (QED) is 0.471. The van der Waals surface area contributed by atoms with Gasteiger partial charge in [0.2, 0.25) is 0 Å². The Morgan fingerprint density at radius 3 is 2.27 bits per heavy atom. The van der Waals surface area contributed by atoms with E-state index in [9.17, 15) is 0 Å². The fraction of sp³-hybridized carbons (Fsp3) is 0.889. The second kappa shape index (κ2) is 10.1. The Morgan fingerprint density at radius 2 is 1.80 bits per heavy atom. The van der Waals surface area contributed by atoms with E-state index < -0.39 is 0 Å². The lowest BCUT2D eigenvalue weighted by molar-refractivity contribution is -0.131. The van der Waals surface area contributed by atoms with Gasteiger partial charge in [-0.15, -0.1) is 0 Å². The van der Waals surface area contributed by atoms with Crippen molar-refractivity contribution in [2.75, 3.05) is 33.6 Å². The van der Waals surface area contributed by atoms with Crippen LogP contribution in [-0.4, -0.2) is 45.0 Å². The molecule has 90 valence electrons. The lowest BCUT2D eigenvalue weighted by atomic mass is 10.6. The summed E-state index contributed by atoms with van der Waals surface area (Å²) < 4.78 is 15.5. The van der Waals surface area contributed by atoms with Gasteiger partial charge in [-0.05, 0) is 26.1 Å². The Bertz CT molecular complexity index is 163. The van der Waals surface area contributed by atoms with E-state index in [4.69, 9.17) is 26.4 Å². The van der Waals surface area contributed by atoms with Crippen molar-refractivity contribution in [3.8, 4) is 0 Å². The van der Waals surface area contributed by atoms with Crippen LogP contribution in [0.2, 0.25) is 0 Å². The maximum Gasteiger partial charge on any atom is 0.174 e. The average Bonchev–Trinajstić information content (AvgIpc) is 2.23. The molecular weight excluding hydrogens is 216 g/mol. The van der Waals surface area contributed by atoms with Crippen molar-refractivity contribution in [3.63, 3.8) is 0 Å². The zero-order valence-corrected chi connectivity index (χ0v) is 10.4. The molecule has 0 saturated heterocycles. The average molecular weight is 236 g/mol. The summed E-state index contributed by atoms with van der Waals surface area (Å²) in [6, 6.07) is 0. The molecule has 0 heterocycles. The van der Waals surface area contributed by atoms with Gasteiger partial charge in [0.15, 0.2) is 11.4 Å². The number of methoxy groups -OCH3 is 1. The maximum absolute atomic E-state index is 5.33. The Hall–Kier alpha value is -0.430. The topological polar surface area (TPSA) is 51.8 Å². The van der Waals surface area contributed by atoms with Gasteiger partial charge in [-0.1, -0.05) is 0 Å². The molecule has 0 aromatic rings. The van der Waals surface area contributed by atoms with Crippen molar-refractivity contribution >= 4 is 17.3 Å². The monoisotopic (exact) mass is 236 g/mol. The van der Waals surface area contributed by atoms with Gasteiger partial charge < -0.3 is 24.8 Å². The molecule has 15 heavy (non-hydrogen) atoms. The lowest BCUT2D eigenvalue weighted by Gasteiger charge is -2.18. The summed E-state index contributed by atoms with van der Waals surface area (Å²) in [5.41, 5.74) is 0. The minimum Gasteiger partial charge on any atom is -0.365 e. The van der Waals surface area contributed by atoms with E-state index in [0.29, 0.717) is 31.6 Å². The SMILES string of the molecule is CCOC(CNC(=S)NCOC)OCC. The minimum atomic E-state index is -0.262. The Morgan fingerprint density at radius 1 is 1.20 bits per heavy atom. The first kappa shape index (κ1) is 14.6. The molecule has 0 saturated carbocycles. The van der Waals surface area contributed by atoms with Crippen LogP contribution in [0.4, 0.5) is 0 Å². The first-order chi connectivity index (χ1) is 7.24. The molecule has 2 N–H and O–H groups in total. The van der Waals surface area contributed by atoms with Gasteiger partial charge in [0.1, 0.15) is 6.73 Å². The molecule has 6 heteroatoms. The molecule has 0 fully saturated rings. The normalized spacial score (nSPS) is 10.4. The zero-order valence-electron chi connectivity index (χ0n) is 9.54. The molecule has 0 amide bonds. The highest BCUT2D eigenvalue weighted by Crippen LogP contribution is 1.92. The predicted octanol–water partition coefficient (Wildman–Crippen LogP) is 0.453. The summed E-state index contributed by atoms with van der Waals surface area (Å²) in [5, 5.41) is 6.37. The maximum atomic E-state index is 5.33. The molecule has 0 bridgehead atoms. The number of ether oxygens (including phenoxy) is 3. The zero-order chi connectivity index (χ0) is 11.5. The fourth-order valence-corrected chi connectivity index (χ4v) is 1.06. The number of thiocarbonyl (C=S) groups is 1. The van der Waals surface area contributed by atoms with E-state index in [2.05, 4.69) is 10.6 Å². The van der Waals surface area contributed by atoms with Crippen molar-refractivity contribution in [2.24, 2.45) is 0 Å². The van der Waals surface area contributed by atoms with Gasteiger partial charge in [-0.2, -0.15) is 0 Å². The van der Waals surface area contributed by atoms with Crippen LogP contribution >= 0.6 is 12.2 Å². The molecule has 0 aliphatic rings. The van der Waals surface area contributed by atoms with Crippen LogP contribution in [-0.2, 0) is 14.2 Å². The first-order valence-electron chi connectivity index (χ1n) is 4.98. The van der Waals surface area contributed by atoms with E-state index in [1.807, 2.05) is 13.8 Å². The molecule has 0 aromatic carbocycles. The van der Waals surface area contributed by atoms with E-state index in [1.54, 1.807) is 7.11 Å². The third-order valence-corrected chi connectivity index (χ3v) is 1.80. The standard InChI is InChI=1S/C9H20N2O3S/c1-4-13-8(14-5-2)6-10-9(15)11-7-12-3/h8H,4-7H2,1-3H3,(H2,10,11,15). The highest BCUT2D eigenvalue weighted by Gasteiger charge is 2.07. The van der Waals surface area contributed by atoms with E-state index >= 15 is 0 Å². The van der Waals surface area contributed by atoms with E-state index in [-0.39, 0.29) is 6.29 Å². The number of hydrogen-bond acceptors (Lipinski definition) is 4. The predicted molar refractivity (Wildman–Crippen MR) is 62.7 cm³/mol. The number of rotatable bonds is 8. The van der Waals surface area contributed by atoms with Crippen molar-refractivity contribution < 1.29 is 14.2 Å². The highest BCUT2D eigenvalue weighted by molar-refractivity contribution is 7.80. The molecule has 0 aliphatic heterocycles. The van der Waals surface area contributed by atoms with E-state index in [0.717, 1.165) is 0 Å². The van der Waals surface area contributed by atoms with Gasteiger partial charge in [0, 0.05) is 20.3 Å². The minimum absolute atomic E-state index is 0.262. The van der Waals surface area contributed by atoms with E-state index in [1.165, 1.54) is 0 Å². The van der Waals surface area contributed by atoms with Crippen LogP contribution in [0.25, 0.3) is 0 Å². The van der Waals surface area contributed by atoms with Crippen molar-refractivity contribution in [1.82, 2.24) is 10.6 Å². The number of nitrogens with one attached hydrogen (secondary N) is 2. The van der Waals surface area contributed by atoms with Crippen LogP contribution in [0.3, 0.4) is 0 Å².